The van der Waals surface area contributed by atoms with Gasteiger partial charge < -0.3 is 15.4 Å². The second-order valence-corrected chi connectivity index (χ2v) is 7.64. The number of carbonyl (C=O) groups is 1. The molecule has 2 aromatic rings. The Morgan fingerprint density at radius 2 is 1.79 bits per heavy atom. The van der Waals surface area contributed by atoms with E-state index < -0.39 is 15.9 Å². The molecule has 1 unspecified atom stereocenters. The van der Waals surface area contributed by atoms with Gasteiger partial charge in [0.15, 0.2) is 0 Å². The molecule has 2 N–H and O–H groups in total. The maximum Gasteiger partial charge on any atom is 0.252 e. The summed E-state index contributed by atoms with van der Waals surface area (Å²) >= 11 is 23.8. The van der Waals surface area contributed by atoms with E-state index in [-0.39, 0.29) is 0 Å². The largest absolute Gasteiger partial charge is 0.497 e. The van der Waals surface area contributed by atoms with E-state index in [0.29, 0.717) is 22.0 Å². The summed E-state index contributed by atoms with van der Waals surface area (Å²) in [6.07, 6.45) is -0.962. The van der Waals surface area contributed by atoms with Crippen molar-refractivity contribution in [2.45, 2.75) is 9.96 Å². The van der Waals surface area contributed by atoms with Gasteiger partial charge in [-0.2, -0.15) is 0 Å². The smallest absolute Gasteiger partial charge is 0.252 e. The summed E-state index contributed by atoms with van der Waals surface area (Å²) in [5, 5.41) is 6.11. The van der Waals surface area contributed by atoms with Crippen LogP contribution >= 0.6 is 46.4 Å². The number of hydrogen-bond acceptors (Lipinski definition) is 3. The van der Waals surface area contributed by atoms with Crippen molar-refractivity contribution in [1.29, 1.82) is 0 Å². The van der Waals surface area contributed by atoms with Crippen molar-refractivity contribution in [3.05, 3.63) is 59.1 Å². The summed E-state index contributed by atoms with van der Waals surface area (Å²) in [6, 6.07) is 13.4. The fourth-order valence-electron chi connectivity index (χ4n) is 1.90. The highest BCUT2D eigenvalue weighted by molar-refractivity contribution is 6.68. The summed E-state index contributed by atoms with van der Waals surface area (Å²) in [7, 11) is 1.54. The van der Waals surface area contributed by atoms with Crippen molar-refractivity contribution >= 4 is 58.0 Å². The molecular weight excluding hydrogens is 394 g/mol. The maximum atomic E-state index is 12.4. The molecule has 0 aliphatic carbocycles. The molecule has 0 bridgehead atoms. The zero-order chi connectivity index (χ0) is 17.7. The molecule has 0 saturated heterocycles. The number of halogens is 4. The molecule has 8 heteroatoms. The third-order valence-electron chi connectivity index (χ3n) is 3.09. The minimum atomic E-state index is -1.77. The molecule has 2 rings (SSSR count). The molecule has 0 saturated carbocycles. The number of carbonyl (C=O) groups excluding carboxylic acids is 1. The van der Waals surface area contributed by atoms with Crippen LogP contribution in [0.25, 0.3) is 0 Å². The van der Waals surface area contributed by atoms with Crippen LogP contribution in [0.4, 0.5) is 5.69 Å². The molecule has 2 aromatic carbocycles. The molecule has 0 heterocycles. The molecule has 0 spiro atoms. The Hall–Kier alpha value is -1.33. The average Bonchev–Trinajstić information content (AvgIpc) is 2.53. The first kappa shape index (κ1) is 19.0. The van der Waals surface area contributed by atoms with E-state index in [9.17, 15) is 4.79 Å². The van der Waals surface area contributed by atoms with E-state index in [4.69, 9.17) is 51.1 Å². The Morgan fingerprint density at radius 1 is 1.12 bits per heavy atom. The van der Waals surface area contributed by atoms with Gasteiger partial charge in [-0.1, -0.05) is 52.5 Å². The number of anilines is 1. The average molecular weight is 408 g/mol. The minimum Gasteiger partial charge on any atom is -0.497 e. The van der Waals surface area contributed by atoms with Crippen molar-refractivity contribution in [2.24, 2.45) is 0 Å². The van der Waals surface area contributed by atoms with Crippen molar-refractivity contribution < 1.29 is 9.53 Å². The molecule has 4 nitrogen and oxygen atoms in total. The van der Waals surface area contributed by atoms with Crippen LogP contribution < -0.4 is 15.4 Å². The molecule has 0 aliphatic rings. The van der Waals surface area contributed by atoms with Crippen LogP contribution in [0.5, 0.6) is 5.75 Å². The first-order valence-electron chi connectivity index (χ1n) is 6.83. The number of rotatable bonds is 5. The second-order valence-electron chi connectivity index (χ2n) is 4.83. The van der Waals surface area contributed by atoms with Crippen LogP contribution in [0, 0.1) is 0 Å². The molecule has 0 radical (unpaired) electrons. The van der Waals surface area contributed by atoms with Gasteiger partial charge in [-0.05, 0) is 42.5 Å². The molecule has 1 atom stereocenters. The summed E-state index contributed by atoms with van der Waals surface area (Å²) in [4.78, 5) is 12.4. The van der Waals surface area contributed by atoms with E-state index in [1.54, 1.807) is 55.6 Å². The summed E-state index contributed by atoms with van der Waals surface area (Å²) < 4.78 is 3.28. The van der Waals surface area contributed by atoms with Crippen LogP contribution in [0.3, 0.4) is 0 Å². The predicted octanol–water partition coefficient (Wildman–Crippen LogP) is 4.89. The van der Waals surface area contributed by atoms with Gasteiger partial charge in [0.25, 0.3) is 5.91 Å². The molecular formula is C16H14Cl4N2O2. The number of methoxy groups -OCH3 is 1. The number of benzene rings is 2. The van der Waals surface area contributed by atoms with Gasteiger partial charge in [-0.3, -0.25) is 4.79 Å². The third-order valence-corrected chi connectivity index (χ3v) is 3.98. The quantitative estimate of drug-likeness (QED) is 0.548. The summed E-state index contributed by atoms with van der Waals surface area (Å²) in [5.41, 5.74) is 1.01. The number of amides is 1. The van der Waals surface area contributed by atoms with E-state index >= 15 is 0 Å². The molecule has 0 aromatic heterocycles. The normalized spacial score (nSPS) is 12.4. The van der Waals surface area contributed by atoms with Gasteiger partial charge in [-0.25, -0.2) is 0 Å². The monoisotopic (exact) mass is 406 g/mol. The fraction of sp³-hybridized carbons (Fsp3) is 0.188. The van der Waals surface area contributed by atoms with Gasteiger partial charge >= 0.3 is 0 Å². The van der Waals surface area contributed by atoms with Crippen LogP contribution in [-0.2, 0) is 0 Å². The van der Waals surface area contributed by atoms with Crippen LogP contribution in [0.15, 0.2) is 48.5 Å². The zero-order valence-corrected chi connectivity index (χ0v) is 15.5. The SMILES string of the molecule is COc1ccc(C(=O)NC(Nc2cccc(Cl)c2)C(Cl)(Cl)Cl)cc1. The Kier molecular flexibility index (Phi) is 6.47. The van der Waals surface area contributed by atoms with E-state index in [0.717, 1.165) is 0 Å². The highest BCUT2D eigenvalue weighted by Gasteiger charge is 2.34. The molecule has 0 aliphatic heterocycles. The lowest BCUT2D eigenvalue weighted by atomic mass is 10.2. The van der Waals surface area contributed by atoms with Crippen LogP contribution in [0.1, 0.15) is 10.4 Å². The maximum absolute atomic E-state index is 12.4. The Balaban J connectivity index is 2.14. The summed E-state index contributed by atoms with van der Waals surface area (Å²) in [6.45, 7) is 0. The van der Waals surface area contributed by atoms with Crippen LogP contribution in [-0.4, -0.2) is 23.0 Å². The standard InChI is InChI=1S/C16H14Cl4N2O2/c1-24-13-7-5-10(6-8-13)14(23)22-15(16(18,19)20)21-12-4-2-3-11(17)9-12/h2-9,15,21H,1H3,(H,22,23). The molecule has 128 valence electrons. The first-order valence-corrected chi connectivity index (χ1v) is 8.34. The second kappa shape index (κ2) is 8.17. The van der Waals surface area contributed by atoms with Gasteiger partial charge in [0, 0.05) is 16.3 Å². The number of ether oxygens (including phenoxy) is 1. The third kappa shape index (κ3) is 5.35. The van der Waals surface area contributed by atoms with Gasteiger partial charge in [0.1, 0.15) is 11.9 Å². The van der Waals surface area contributed by atoms with E-state index in [1.807, 2.05) is 0 Å². The van der Waals surface area contributed by atoms with Gasteiger partial charge in [0.2, 0.25) is 3.79 Å². The molecule has 0 fully saturated rings. The van der Waals surface area contributed by atoms with Crippen molar-refractivity contribution in [1.82, 2.24) is 5.32 Å². The number of alkyl halides is 3. The van der Waals surface area contributed by atoms with Crippen molar-refractivity contribution in [2.75, 3.05) is 12.4 Å². The fourth-order valence-corrected chi connectivity index (χ4v) is 2.42. The first-order chi connectivity index (χ1) is 11.3. The number of hydrogen-bond donors (Lipinski definition) is 2. The highest BCUT2D eigenvalue weighted by Crippen LogP contribution is 2.31. The lowest BCUT2D eigenvalue weighted by Gasteiger charge is -2.27. The highest BCUT2D eigenvalue weighted by atomic mass is 35.6. The lowest BCUT2D eigenvalue weighted by Crippen LogP contribution is -2.49. The predicted molar refractivity (Wildman–Crippen MR) is 99.6 cm³/mol. The van der Waals surface area contributed by atoms with Gasteiger partial charge in [0.05, 0.1) is 7.11 Å². The Labute approximate surface area is 160 Å². The molecule has 1 amide bonds. The summed E-state index contributed by atoms with van der Waals surface area (Å²) in [5.74, 6) is 0.241. The minimum absolute atomic E-state index is 0.400. The van der Waals surface area contributed by atoms with Crippen LogP contribution in [0.2, 0.25) is 5.02 Å². The van der Waals surface area contributed by atoms with Crippen molar-refractivity contribution in [3.8, 4) is 5.75 Å². The lowest BCUT2D eigenvalue weighted by molar-refractivity contribution is 0.0942. The number of nitrogens with one attached hydrogen (secondary N) is 2. The molecule has 24 heavy (non-hydrogen) atoms. The van der Waals surface area contributed by atoms with Gasteiger partial charge in [-0.15, -0.1) is 0 Å². The Morgan fingerprint density at radius 3 is 2.33 bits per heavy atom. The van der Waals surface area contributed by atoms with E-state index in [1.165, 1.54) is 0 Å². The van der Waals surface area contributed by atoms with E-state index in [2.05, 4.69) is 10.6 Å². The van der Waals surface area contributed by atoms with Crippen molar-refractivity contribution in [3.63, 3.8) is 0 Å². The Bertz CT molecular complexity index is 702. The topological polar surface area (TPSA) is 50.4 Å². The zero-order valence-electron chi connectivity index (χ0n) is 12.5.